The molecule has 3 saturated heterocycles. The number of nitrogens with one attached hydrogen (secondary N) is 1. The van der Waals surface area contributed by atoms with Crippen LogP contribution in [0.3, 0.4) is 0 Å². The zero-order valence-electron chi connectivity index (χ0n) is 12.1. The minimum Gasteiger partial charge on any atom is -0.299 e. The van der Waals surface area contributed by atoms with E-state index in [2.05, 4.69) is 54.8 Å². The van der Waals surface area contributed by atoms with Crippen LogP contribution in [0.2, 0.25) is 0 Å². The van der Waals surface area contributed by atoms with E-state index in [0.717, 1.165) is 29.8 Å². The van der Waals surface area contributed by atoms with Crippen molar-refractivity contribution in [3.63, 3.8) is 0 Å². The van der Waals surface area contributed by atoms with Gasteiger partial charge in [0.2, 0.25) is 0 Å². The number of halogens is 1. The predicted octanol–water partition coefficient (Wildman–Crippen LogP) is 0.731. The Morgan fingerprint density at radius 3 is 2.55 bits per heavy atom. The van der Waals surface area contributed by atoms with E-state index < -0.39 is 0 Å². The standard InChI is InChI=1S/C13H23BrN6/c1-9(2)20-13(10(14)7-16-20)12(17-15)11-8-18-3-5-19(11)6-4-18/h7,9,11-12,17H,3-6,8,15H2,1-2H3. The third-order valence-corrected chi connectivity index (χ3v) is 5.07. The van der Waals surface area contributed by atoms with Crippen LogP contribution < -0.4 is 11.3 Å². The molecule has 2 atom stereocenters. The van der Waals surface area contributed by atoms with E-state index in [1.807, 2.05) is 6.20 Å². The van der Waals surface area contributed by atoms with Gasteiger partial charge >= 0.3 is 0 Å². The molecule has 0 aliphatic carbocycles. The summed E-state index contributed by atoms with van der Waals surface area (Å²) in [7, 11) is 0. The lowest BCUT2D eigenvalue weighted by Gasteiger charge is -2.50. The summed E-state index contributed by atoms with van der Waals surface area (Å²) in [5.74, 6) is 5.91. The van der Waals surface area contributed by atoms with Crippen molar-refractivity contribution in [3.8, 4) is 0 Å². The second-order valence-corrected chi connectivity index (χ2v) is 6.82. The quantitative estimate of drug-likeness (QED) is 0.624. The summed E-state index contributed by atoms with van der Waals surface area (Å²) in [5.41, 5.74) is 4.19. The molecule has 1 aromatic rings. The van der Waals surface area contributed by atoms with Crippen LogP contribution in [0.4, 0.5) is 0 Å². The number of piperazine rings is 3. The minimum atomic E-state index is 0.0948. The van der Waals surface area contributed by atoms with Gasteiger partial charge in [-0.2, -0.15) is 5.10 Å². The summed E-state index contributed by atoms with van der Waals surface area (Å²) < 4.78 is 3.10. The smallest absolute Gasteiger partial charge is 0.0808 e. The van der Waals surface area contributed by atoms with Crippen LogP contribution in [-0.4, -0.2) is 58.3 Å². The highest BCUT2D eigenvalue weighted by atomic mass is 79.9. The van der Waals surface area contributed by atoms with Crippen LogP contribution in [0.15, 0.2) is 10.7 Å². The molecule has 3 aliphatic heterocycles. The molecule has 4 heterocycles. The number of nitrogens with two attached hydrogens (primary N) is 1. The second kappa shape index (κ2) is 5.73. The molecule has 20 heavy (non-hydrogen) atoms. The molecule has 2 unspecified atom stereocenters. The molecule has 3 N–H and O–H groups in total. The van der Waals surface area contributed by atoms with Crippen molar-refractivity contribution in [3.05, 3.63) is 16.4 Å². The Morgan fingerprint density at radius 2 is 2.05 bits per heavy atom. The first-order chi connectivity index (χ1) is 9.61. The van der Waals surface area contributed by atoms with Gasteiger partial charge < -0.3 is 0 Å². The number of fused-ring (bicyclic) bond motifs is 3. The van der Waals surface area contributed by atoms with Crippen LogP contribution in [-0.2, 0) is 0 Å². The predicted molar refractivity (Wildman–Crippen MR) is 82.2 cm³/mol. The summed E-state index contributed by atoms with van der Waals surface area (Å²) in [4.78, 5) is 5.08. The highest BCUT2D eigenvalue weighted by Crippen LogP contribution is 2.32. The van der Waals surface area contributed by atoms with E-state index in [1.165, 1.54) is 13.1 Å². The lowest BCUT2D eigenvalue weighted by Crippen LogP contribution is -2.64. The molecule has 3 aliphatic rings. The molecule has 7 heteroatoms. The maximum Gasteiger partial charge on any atom is 0.0808 e. The van der Waals surface area contributed by atoms with Gasteiger partial charge in [0, 0.05) is 44.8 Å². The van der Waals surface area contributed by atoms with Gasteiger partial charge in [0.15, 0.2) is 0 Å². The van der Waals surface area contributed by atoms with Gasteiger partial charge in [0.05, 0.1) is 22.4 Å². The number of aromatic nitrogens is 2. The molecule has 0 saturated carbocycles. The van der Waals surface area contributed by atoms with Crippen molar-refractivity contribution < 1.29 is 0 Å². The van der Waals surface area contributed by atoms with Crippen molar-refractivity contribution in [2.75, 3.05) is 32.7 Å². The lowest BCUT2D eigenvalue weighted by atomic mass is 9.98. The molecule has 0 radical (unpaired) electrons. The summed E-state index contributed by atoms with van der Waals surface area (Å²) in [5, 5.41) is 4.48. The Morgan fingerprint density at radius 1 is 1.35 bits per heavy atom. The zero-order chi connectivity index (χ0) is 14.3. The molecule has 6 nitrogen and oxygen atoms in total. The Bertz CT molecular complexity index is 465. The number of nitrogens with zero attached hydrogens (tertiary/aromatic N) is 4. The summed E-state index contributed by atoms with van der Waals surface area (Å²) in [6.45, 7) is 9.99. The number of hydrogen-bond donors (Lipinski definition) is 2. The third kappa shape index (κ3) is 2.42. The van der Waals surface area contributed by atoms with Gasteiger partial charge in [0.1, 0.15) is 0 Å². The molecular formula is C13H23BrN6. The van der Waals surface area contributed by atoms with Crippen molar-refractivity contribution in [2.24, 2.45) is 5.84 Å². The molecule has 112 valence electrons. The van der Waals surface area contributed by atoms with Crippen molar-refractivity contribution in [1.29, 1.82) is 0 Å². The van der Waals surface area contributed by atoms with Crippen molar-refractivity contribution >= 4 is 15.9 Å². The minimum absolute atomic E-state index is 0.0948. The van der Waals surface area contributed by atoms with Gasteiger partial charge in [-0.1, -0.05) is 0 Å². The van der Waals surface area contributed by atoms with Crippen LogP contribution in [0.25, 0.3) is 0 Å². The average molecular weight is 343 g/mol. The Balaban J connectivity index is 1.92. The maximum absolute atomic E-state index is 5.91. The van der Waals surface area contributed by atoms with Gasteiger partial charge in [-0.15, -0.1) is 0 Å². The molecule has 4 rings (SSSR count). The van der Waals surface area contributed by atoms with E-state index in [4.69, 9.17) is 5.84 Å². The highest BCUT2D eigenvalue weighted by Gasteiger charge is 2.39. The Kier molecular flexibility index (Phi) is 4.14. The van der Waals surface area contributed by atoms with Crippen molar-refractivity contribution in [1.82, 2.24) is 25.0 Å². The number of hydrogen-bond acceptors (Lipinski definition) is 5. The van der Waals surface area contributed by atoms with E-state index in [0.29, 0.717) is 12.1 Å². The monoisotopic (exact) mass is 342 g/mol. The van der Waals surface area contributed by atoms with Crippen LogP contribution in [0, 0.1) is 0 Å². The summed E-state index contributed by atoms with van der Waals surface area (Å²) in [6, 6.07) is 0.827. The highest BCUT2D eigenvalue weighted by molar-refractivity contribution is 9.10. The topological polar surface area (TPSA) is 62.4 Å². The van der Waals surface area contributed by atoms with E-state index in [1.54, 1.807) is 0 Å². The van der Waals surface area contributed by atoms with E-state index in [-0.39, 0.29) is 6.04 Å². The largest absolute Gasteiger partial charge is 0.299 e. The van der Waals surface area contributed by atoms with E-state index in [9.17, 15) is 0 Å². The first-order valence-corrected chi connectivity index (χ1v) is 8.06. The van der Waals surface area contributed by atoms with Gasteiger partial charge in [-0.3, -0.25) is 20.3 Å². The normalized spacial score (nSPS) is 30.9. The third-order valence-electron chi connectivity index (χ3n) is 4.46. The molecular weight excluding hydrogens is 320 g/mol. The van der Waals surface area contributed by atoms with Crippen molar-refractivity contribution in [2.45, 2.75) is 32.0 Å². The Hall–Kier alpha value is -0.470. The lowest BCUT2D eigenvalue weighted by molar-refractivity contribution is -0.00526. The van der Waals surface area contributed by atoms with E-state index >= 15 is 0 Å². The summed E-state index contributed by atoms with van der Waals surface area (Å²) in [6.07, 6.45) is 1.87. The fraction of sp³-hybridized carbons (Fsp3) is 0.769. The van der Waals surface area contributed by atoms with Crippen LogP contribution in [0.1, 0.15) is 31.6 Å². The molecule has 1 aromatic heterocycles. The first-order valence-electron chi connectivity index (χ1n) is 7.27. The second-order valence-electron chi connectivity index (χ2n) is 5.96. The van der Waals surface area contributed by atoms with Crippen LogP contribution in [0.5, 0.6) is 0 Å². The molecule has 0 amide bonds. The summed E-state index contributed by atoms with van der Waals surface area (Å²) >= 11 is 3.64. The Labute approximate surface area is 128 Å². The molecule has 0 aromatic carbocycles. The fourth-order valence-electron chi connectivity index (χ4n) is 3.40. The van der Waals surface area contributed by atoms with Gasteiger partial charge in [-0.05, 0) is 29.8 Å². The maximum atomic E-state index is 5.91. The van der Waals surface area contributed by atoms with Gasteiger partial charge in [-0.25, -0.2) is 5.43 Å². The van der Waals surface area contributed by atoms with Gasteiger partial charge in [0.25, 0.3) is 0 Å². The average Bonchev–Trinajstić information content (AvgIpc) is 2.84. The number of rotatable bonds is 4. The van der Waals surface area contributed by atoms with Crippen LogP contribution >= 0.6 is 15.9 Å². The molecule has 0 spiro atoms. The molecule has 2 bridgehead atoms. The first kappa shape index (κ1) is 14.5. The SMILES string of the molecule is CC(C)n1ncc(Br)c1C(NN)C1CN2CCN1CC2. The molecule has 3 fully saturated rings. The number of hydrazine groups is 1. The fourth-order valence-corrected chi connectivity index (χ4v) is 3.92. The zero-order valence-corrected chi connectivity index (χ0v) is 13.7.